The Morgan fingerprint density at radius 3 is 1.45 bits per heavy atom. The molecule has 4 aromatic rings. The van der Waals surface area contributed by atoms with Crippen LogP contribution in [0.15, 0.2) is 121 Å². The van der Waals surface area contributed by atoms with Crippen molar-refractivity contribution in [1.29, 1.82) is 0 Å². The highest BCUT2D eigenvalue weighted by molar-refractivity contribution is 7.79. The van der Waals surface area contributed by atoms with Crippen molar-refractivity contribution < 1.29 is 18.7 Å². The maximum absolute atomic E-state index is 15.1. The van der Waals surface area contributed by atoms with E-state index in [0.29, 0.717) is 19.0 Å². The predicted molar refractivity (Wildman–Crippen MR) is 156 cm³/mol. The molecule has 0 saturated heterocycles. The molecule has 6 heteroatoms. The second-order valence-electron chi connectivity index (χ2n) is 9.96. The second kappa shape index (κ2) is 11.3. The van der Waals surface area contributed by atoms with E-state index in [0.717, 1.165) is 21.2 Å². The first-order valence-corrected chi connectivity index (χ1v) is 16.7. The number of rotatable bonds is 8. The van der Waals surface area contributed by atoms with Gasteiger partial charge in [0.05, 0.1) is 0 Å². The van der Waals surface area contributed by atoms with Gasteiger partial charge in [0.2, 0.25) is 0 Å². The Morgan fingerprint density at radius 1 is 0.658 bits per heavy atom. The summed E-state index contributed by atoms with van der Waals surface area (Å²) in [7, 11) is -6.14. The van der Waals surface area contributed by atoms with E-state index in [-0.39, 0.29) is 17.5 Å². The Hall–Kier alpha value is -3.19. The molecule has 0 spiro atoms. The highest BCUT2D eigenvalue weighted by Crippen LogP contribution is 2.58. The molecule has 0 bridgehead atoms. The molecule has 0 amide bonds. The fourth-order valence-corrected chi connectivity index (χ4v) is 12.3. The molecule has 0 heterocycles. The average Bonchev–Trinajstić information content (AvgIpc) is 3.35. The summed E-state index contributed by atoms with van der Waals surface area (Å²) in [4.78, 5) is 12.2. The van der Waals surface area contributed by atoms with Crippen LogP contribution in [-0.4, -0.2) is 23.9 Å². The van der Waals surface area contributed by atoms with Gasteiger partial charge >= 0.3 is 5.97 Å². The van der Waals surface area contributed by atoms with Crippen LogP contribution < -0.4 is 21.2 Å². The van der Waals surface area contributed by atoms with E-state index in [1.54, 1.807) is 0 Å². The molecule has 1 aliphatic carbocycles. The van der Waals surface area contributed by atoms with Gasteiger partial charge in [-0.25, -0.2) is 0 Å². The minimum absolute atomic E-state index is 0.198. The van der Waals surface area contributed by atoms with Gasteiger partial charge in [-0.15, -0.1) is 0 Å². The maximum Gasteiger partial charge on any atom is 0.302 e. The van der Waals surface area contributed by atoms with Crippen molar-refractivity contribution in [2.24, 2.45) is 5.92 Å². The van der Waals surface area contributed by atoms with Crippen LogP contribution >= 0.6 is 14.3 Å². The molecule has 0 aromatic heterocycles. The van der Waals surface area contributed by atoms with Crippen molar-refractivity contribution >= 4 is 41.5 Å². The topological polar surface area (TPSA) is 60.4 Å². The number of carbonyl (C=O) groups is 1. The first-order valence-electron chi connectivity index (χ1n) is 13.0. The van der Waals surface area contributed by atoms with Crippen LogP contribution in [0.3, 0.4) is 0 Å². The second-order valence-corrected chi connectivity index (χ2v) is 15.9. The zero-order valence-electron chi connectivity index (χ0n) is 21.4. The fraction of sp³-hybridized carbons (Fsp3) is 0.219. The van der Waals surface area contributed by atoms with Crippen LogP contribution in [0.5, 0.6) is 0 Å². The van der Waals surface area contributed by atoms with Crippen molar-refractivity contribution in [3.63, 3.8) is 0 Å². The van der Waals surface area contributed by atoms with E-state index in [1.807, 2.05) is 121 Å². The normalized spacial score (nSPS) is 19.7. The van der Waals surface area contributed by atoms with Crippen molar-refractivity contribution in [3.05, 3.63) is 121 Å². The first kappa shape index (κ1) is 26.4. The van der Waals surface area contributed by atoms with Gasteiger partial charge in [0.15, 0.2) is 0 Å². The Kier molecular flexibility index (Phi) is 7.84. The van der Waals surface area contributed by atoms with Crippen LogP contribution in [0, 0.1) is 5.92 Å². The molecule has 0 N–H and O–H groups in total. The van der Waals surface area contributed by atoms with E-state index in [2.05, 4.69) is 0 Å². The van der Waals surface area contributed by atoms with Crippen LogP contribution in [0.1, 0.15) is 19.8 Å². The summed E-state index contributed by atoms with van der Waals surface area (Å²) in [6.45, 7) is 1.41. The molecule has 0 unspecified atom stereocenters. The molecule has 0 radical (unpaired) electrons. The van der Waals surface area contributed by atoms with Crippen molar-refractivity contribution in [1.82, 2.24) is 0 Å². The standard InChI is InChI=1S/C32H32O4P2/c1-25(33)36-32-23-31(38(35,29-18-10-4-11-19-29)30-20-12-5-13-21-30)22-26(32)24-37(34,27-14-6-2-7-15-27)28-16-8-3-9-17-28/h2-21,26,31-32H,22-24H2,1H3/t26-,31+,32+/m0/s1. The highest BCUT2D eigenvalue weighted by atomic mass is 31.2. The molecule has 1 fully saturated rings. The third kappa shape index (κ3) is 5.21. The number of hydrogen-bond donors (Lipinski definition) is 0. The molecule has 194 valence electrons. The zero-order chi connectivity index (χ0) is 26.6. The third-order valence-electron chi connectivity index (χ3n) is 7.55. The van der Waals surface area contributed by atoms with E-state index >= 15 is 4.57 Å². The lowest BCUT2D eigenvalue weighted by Crippen LogP contribution is -2.28. The lowest BCUT2D eigenvalue weighted by atomic mass is 10.1. The van der Waals surface area contributed by atoms with Gasteiger partial charge in [0.1, 0.15) is 20.4 Å². The van der Waals surface area contributed by atoms with E-state index < -0.39 is 20.4 Å². The Balaban J connectivity index is 1.57. The van der Waals surface area contributed by atoms with Gasteiger partial charge in [-0.05, 0) is 12.8 Å². The highest BCUT2D eigenvalue weighted by Gasteiger charge is 2.48. The van der Waals surface area contributed by atoms with Crippen molar-refractivity contribution in [2.75, 3.05) is 6.16 Å². The lowest BCUT2D eigenvalue weighted by molar-refractivity contribution is -0.147. The molecule has 0 aliphatic heterocycles. The molecular formula is C32H32O4P2. The molecular weight excluding hydrogens is 510 g/mol. The smallest absolute Gasteiger partial charge is 0.302 e. The Morgan fingerprint density at radius 2 is 1.05 bits per heavy atom. The largest absolute Gasteiger partial charge is 0.462 e. The van der Waals surface area contributed by atoms with Gasteiger partial charge in [-0.1, -0.05) is 121 Å². The summed E-state index contributed by atoms with van der Waals surface area (Å²) in [6.07, 6.45) is 0.912. The summed E-state index contributed by atoms with van der Waals surface area (Å²) in [5, 5.41) is 3.16. The molecule has 4 nitrogen and oxygen atoms in total. The summed E-state index contributed by atoms with van der Waals surface area (Å²) >= 11 is 0. The van der Waals surface area contributed by atoms with Crippen LogP contribution in [-0.2, 0) is 18.7 Å². The Bertz CT molecular complexity index is 1370. The van der Waals surface area contributed by atoms with Gasteiger partial charge in [-0.2, -0.15) is 0 Å². The number of ether oxygens (including phenoxy) is 1. The predicted octanol–water partition coefficient (Wildman–Crippen LogP) is 5.72. The number of carbonyl (C=O) groups excluding carboxylic acids is 1. The molecule has 1 aliphatic rings. The summed E-state index contributed by atoms with van der Waals surface area (Å²) in [6, 6.07) is 38.4. The lowest BCUT2D eigenvalue weighted by Gasteiger charge is -2.27. The molecule has 5 rings (SSSR count). The first-order chi connectivity index (χ1) is 18.4. The average molecular weight is 543 g/mol. The van der Waals surface area contributed by atoms with Gasteiger partial charge in [0, 0.05) is 45.9 Å². The zero-order valence-corrected chi connectivity index (χ0v) is 23.2. The van der Waals surface area contributed by atoms with Crippen molar-refractivity contribution in [3.8, 4) is 0 Å². The maximum atomic E-state index is 15.1. The summed E-state index contributed by atoms with van der Waals surface area (Å²) in [5.41, 5.74) is -0.235. The third-order valence-corrected chi connectivity index (χ3v) is 14.4. The molecule has 4 aromatic carbocycles. The number of esters is 1. The summed E-state index contributed by atoms with van der Waals surface area (Å²) in [5.74, 6) is -0.569. The van der Waals surface area contributed by atoms with Crippen LogP contribution in [0.4, 0.5) is 0 Å². The van der Waals surface area contributed by atoms with Crippen molar-refractivity contribution in [2.45, 2.75) is 31.5 Å². The molecule has 1 saturated carbocycles. The van der Waals surface area contributed by atoms with E-state index in [1.165, 1.54) is 6.92 Å². The van der Waals surface area contributed by atoms with E-state index in [9.17, 15) is 9.36 Å². The minimum atomic E-state index is -3.08. The number of benzene rings is 4. The quantitative estimate of drug-likeness (QED) is 0.211. The summed E-state index contributed by atoms with van der Waals surface area (Å²) < 4.78 is 35.8. The fourth-order valence-electron chi connectivity index (χ4n) is 5.80. The van der Waals surface area contributed by atoms with Crippen LogP contribution in [0.2, 0.25) is 0 Å². The minimum Gasteiger partial charge on any atom is -0.462 e. The van der Waals surface area contributed by atoms with Gasteiger partial charge in [-0.3, -0.25) is 4.79 Å². The van der Waals surface area contributed by atoms with E-state index in [4.69, 9.17) is 4.74 Å². The molecule has 38 heavy (non-hydrogen) atoms. The van der Waals surface area contributed by atoms with Crippen LogP contribution in [0.25, 0.3) is 0 Å². The Labute approximate surface area is 224 Å². The monoisotopic (exact) mass is 542 g/mol. The SMILES string of the molecule is CC(=O)O[C@@H]1C[C@H](P(=O)(c2ccccc2)c2ccccc2)C[C@H]1CP(=O)(c1ccccc1)c1ccccc1. The molecule has 3 atom stereocenters. The number of hydrogen-bond acceptors (Lipinski definition) is 4. The van der Waals surface area contributed by atoms with Gasteiger partial charge < -0.3 is 13.9 Å². The van der Waals surface area contributed by atoms with Gasteiger partial charge in [0.25, 0.3) is 0 Å².